The molecule has 0 aromatic heterocycles. The average molecular weight is 389 g/mol. The molecule has 0 heterocycles. The lowest BCUT2D eigenvalue weighted by Crippen LogP contribution is -2.14. The van der Waals surface area contributed by atoms with Gasteiger partial charge >= 0.3 is 0 Å². The predicted octanol–water partition coefficient (Wildman–Crippen LogP) is 4.41. The van der Waals surface area contributed by atoms with Crippen LogP contribution >= 0.6 is 31.9 Å². The summed E-state index contributed by atoms with van der Waals surface area (Å²) in [5, 5.41) is 0. The number of rotatable bonds is 3. The maximum Gasteiger partial charge on any atom is 0.129 e. The monoisotopic (exact) mass is 387 g/mol. The van der Waals surface area contributed by atoms with Crippen LogP contribution in [0.4, 0.5) is 4.39 Å². The van der Waals surface area contributed by atoms with Crippen molar-refractivity contribution in [2.45, 2.75) is 6.04 Å². The van der Waals surface area contributed by atoms with Crippen molar-refractivity contribution in [3.8, 4) is 5.75 Å². The van der Waals surface area contributed by atoms with E-state index in [1.807, 2.05) is 12.1 Å². The number of hydrogen-bond donors (Lipinski definition) is 1. The Bertz CT molecular complexity index is 604. The molecule has 2 rings (SSSR count). The predicted molar refractivity (Wildman–Crippen MR) is 80.8 cm³/mol. The molecule has 0 aliphatic rings. The Labute approximate surface area is 128 Å². The van der Waals surface area contributed by atoms with Gasteiger partial charge in [-0.05, 0) is 29.8 Å². The van der Waals surface area contributed by atoms with Gasteiger partial charge in [0.25, 0.3) is 0 Å². The zero-order valence-corrected chi connectivity index (χ0v) is 13.3. The maximum absolute atomic E-state index is 13.9. The highest BCUT2D eigenvalue weighted by Crippen LogP contribution is 2.31. The molecule has 0 fully saturated rings. The summed E-state index contributed by atoms with van der Waals surface area (Å²) in [6.07, 6.45) is 0. The smallest absolute Gasteiger partial charge is 0.129 e. The average Bonchev–Trinajstić information content (AvgIpc) is 2.37. The molecule has 0 radical (unpaired) electrons. The number of halogens is 3. The van der Waals surface area contributed by atoms with Crippen molar-refractivity contribution in [3.05, 3.63) is 62.3 Å². The van der Waals surface area contributed by atoms with Crippen molar-refractivity contribution in [2.75, 3.05) is 7.11 Å². The minimum atomic E-state index is -0.534. The Balaban J connectivity index is 2.41. The number of methoxy groups -OCH3 is 1. The molecule has 100 valence electrons. The summed E-state index contributed by atoms with van der Waals surface area (Å²) in [5.41, 5.74) is 7.39. The SMILES string of the molecule is COc1ccc(C(N)c2ccc(Br)cc2F)c(Br)c1. The molecule has 1 atom stereocenters. The summed E-state index contributed by atoms with van der Waals surface area (Å²) >= 11 is 6.66. The third-order valence-corrected chi connectivity index (χ3v) is 4.02. The van der Waals surface area contributed by atoms with E-state index in [0.717, 1.165) is 15.8 Å². The van der Waals surface area contributed by atoms with E-state index in [0.29, 0.717) is 10.0 Å². The van der Waals surface area contributed by atoms with Crippen LogP contribution in [0.15, 0.2) is 45.3 Å². The first kappa shape index (κ1) is 14.5. The van der Waals surface area contributed by atoms with Crippen LogP contribution in [0.1, 0.15) is 17.2 Å². The fourth-order valence-corrected chi connectivity index (χ4v) is 2.75. The van der Waals surface area contributed by atoms with Crippen LogP contribution in [0.5, 0.6) is 5.75 Å². The maximum atomic E-state index is 13.9. The second kappa shape index (κ2) is 6.03. The number of benzene rings is 2. The van der Waals surface area contributed by atoms with E-state index in [1.165, 1.54) is 6.07 Å². The molecule has 5 heteroatoms. The molecule has 0 aliphatic carbocycles. The Hall–Kier alpha value is -0.910. The van der Waals surface area contributed by atoms with E-state index >= 15 is 0 Å². The summed E-state index contributed by atoms with van der Waals surface area (Å²) < 4.78 is 20.5. The van der Waals surface area contributed by atoms with Gasteiger partial charge in [-0.1, -0.05) is 44.0 Å². The van der Waals surface area contributed by atoms with Gasteiger partial charge in [-0.2, -0.15) is 0 Å². The lowest BCUT2D eigenvalue weighted by Gasteiger charge is -2.16. The summed E-state index contributed by atoms with van der Waals surface area (Å²) in [5.74, 6) is 0.392. The Kier molecular flexibility index (Phi) is 4.60. The van der Waals surface area contributed by atoms with Gasteiger partial charge in [0, 0.05) is 14.5 Å². The van der Waals surface area contributed by atoms with Gasteiger partial charge in [-0.3, -0.25) is 0 Å². The summed E-state index contributed by atoms with van der Waals surface area (Å²) in [6, 6.07) is 9.77. The van der Waals surface area contributed by atoms with Crippen LogP contribution in [0, 0.1) is 5.82 Å². The first-order chi connectivity index (χ1) is 9.02. The molecular formula is C14H12Br2FNO. The highest BCUT2D eigenvalue weighted by molar-refractivity contribution is 9.10. The highest BCUT2D eigenvalue weighted by Gasteiger charge is 2.16. The minimum absolute atomic E-state index is 0.329. The molecule has 0 spiro atoms. The van der Waals surface area contributed by atoms with Gasteiger partial charge in [-0.15, -0.1) is 0 Å². The second-order valence-corrected chi connectivity index (χ2v) is 5.80. The first-order valence-electron chi connectivity index (χ1n) is 5.57. The lowest BCUT2D eigenvalue weighted by atomic mass is 9.99. The molecule has 0 saturated heterocycles. The Morgan fingerprint density at radius 1 is 1.11 bits per heavy atom. The van der Waals surface area contributed by atoms with Crippen molar-refractivity contribution >= 4 is 31.9 Å². The molecule has 2 N–H and O–H groups in total. The largest absolute Gasteiger partial charge is 0.497 e. The standard InChI is InChI=1S/C14H12Br2FNO/c1-19-9-3-5-10(12(16)7-9)14(18)11-4-2-8(15)6-13(11)17/h2-7,14H,18H2,1H3. The Morgan fingerprint density at radius 2 is 1.79 bits per heavy atom. The number of hydrogen-bond acceptors (Lipinski definition) is 2. The fourth-order valence-electron chi connectivity index (χ4n) is 1.81. The quantitative estimate of drug-likeness (QED) is 0.845. The van der Waals surface area contributed by atoms with Crippen LogP contribution in [0.25, 0.3) is 0 Å². The highest BCUT2D eigenvalue weighted by atomic mass is 79.9. The van der Waals surface area contributed by atoms with Crippen molar-refractivity contribution in [3.63, 3.8) is 0 Å². The molecule has 0 amide bonds. The molecule has 0 aliphatic heterocycles. The lowest BCUT2D eigenvalue weighted by molar-refractivity contribution is 0.414. The summed E-state index contributed by atoms with van der Waals surface area (Å²) in [7, 11) is 1.59. The van der Waals surface area contributed by atoms with E-state index < -0.39 is 6.04 Å². The number of ether oxygens (including phenoxy) is 1. The second-order valence-electron chi connectivity index (χ2n) is 4.03. The molecule has 2 nitrogen and oxygen atoms in total. The zero-order chi connectivity index (χ0) is 14.0. The molecule has 2 aromatic carbocycles. The normalized spacial score (nSPS) is 12.3. The van der Waals surface area contributed by atoms with Gasteiger partial charge in [0.1, 0.15) is 11.6 Å². The van der Waals surface area contributed by atoms with Gasteiger partial charge in [0.2, 0.25) is 0 Å². The third kappa shape index (κ3) is 3.16. The van der Waals surface area contributed by atoms with Crippen molar-refractivity contribution in [1.82, 2.24) is 0 Å². The van der Waals surface area contributed by atoms with Crippen molar-refractivity contribution in [1.29, 1.82) is 0 Å². The van der Waals surface area contributed by atoms with E-state index in [2.05, 4.69) is 31.9 Å². The fraction of sp³-hybridized carbons (Fsp3) is 0.143. The Morgan fingerprint density at radius 3 is 2.37 bits per heavy atom. The molecule has 1 unspecified atom stereocenters. The van der Waals surface area contributed by atoms with E-state index in [-0.39, 0.29) is 5.82 Å². The van der Waals surface area contributed by atoms with Gasteiger partial charge in [-0.25, -0.2) is 4.39 Å². The van der Waals surface area contributed by atoms with Crippen LogP contribution in [-0.4, -0.2) is 7.11 Å². The molecule has 0 bridgehead atoms. The molecular weight excluding hydrogens is 377 g/mol. The van der Waals surface area contributed by atoms with E-state index in [9.17, 15) is 4.39 Å². The first-order valence-corrected chi connectivity index (χ1v) is 7.15. The van der Waals surface area contributed by atoms with Crippen LogP contribution in [0.2, 0.25) is 0 Å². The van der Waals surface area contributed by atoms with Crippen LogP contribution in [-0.2, 0) is 0 Å². The summed E-state index contributed by atoms with van der Waals surface area (Å²) in [4.78, 5) is 0. The van der Waals surface area contributed by atoms with E-state index in [1.54, 1.807) is 25.3 Å². The van der Waals surface area contributed by atoms with Crippen molar-refractivity contribution < 1.29 is 9.13 Å². The van der Waals surface area contributed by atoms with Gasteiger partial charge in [0.15, 0.2) is 0 Å². The van der Waals surface area contributed by atoms with Gasteiger partial charge < -0.3 is 10.5 Å². The molecule has 2 aromatic rings. The third-order valence-electron chi connectivity index (χ3n) is 2.84. The number of nitrogens with two attached hydrogens (primary N) is 1. The topological polar surface area (TPSA) is 35.2 Å². The minimum Gasteiger partial charge on any atom is -0.497 e. The molecule has 0 saturated carbocycles. The van der Waals surface area contributed by atoms with Crippen molar-refractivity contribution in [2.24, 2.45) is 5.73 Å². The van der Waals surface area contributed by atoms with Crippen LogP contribution < -0.4 is 10.5 Å². The van der Waals surface area contributed by atoms with Gasteiger partial charge in [0.05, 0.1) is 13.2 Å². The van der Waals surface area contributed by atoms with E-state index in [4.69, 9.17) is 10.5 Å². The van der Waals surface area contributed by atoms with Crippen LogP contribution in [0.3, 0.4) is 0 Å². The zero-order valence-electron chi connectivity index (χ0n) is 10.2. The summed E-state index contributed by atoms with van der Waals surface area (Å²) in [6.45, 7) is 0. The molecule has 19 heavy (non-hydrogen) atoms.